The highest BCUT2D eigenvalue weighted by molar-refractivity contribution is 5.95. The molecule has 0 unspecified atom stereocenters. The van der Waals surface area contributed by atoms with Crippen LogP contribution in [0.25, 0.3) is 21.9 Å². The van der Waals surface area contributed by atoms with Gasteiger partial charge >= 0.3 is 5.97 Å². The van der Waals surface area contributed by atoms with E-state index >= 15 is 0 Å². The topological polar surface area (TPSA) is 140 Å². The molecule has 0 aliphatic carbocycles. The second kappa shape index (κ2) is 13.1. The summed E-state index contributed by atoms with van der Waals surface area (Å²) in [5, 5.41) is 19.6. The molecule has 9 nitrogen and oxygen atoms in total. The van der Waals surface area contributed by atoms with Gasteiger partial charge < -0.3 is 25.1 Å². The van der Waals surface area contributed by atoms with E-state index in [1.165, 1.54) is 10.9 Å². The van der Waals surface area contributed by atoms with E-state index in [1.807, 2.05) is 30.3 Å². The fourth-order valence-corrected chi connectivity index (χ4v) is 5.26. The Labute approximate surface area is 243 Å². The molecule has 0 bridgehead atoms. The molecule has 2 aromatic heterocycles. The van der Waals surface area contributed by atoms with Gasteiger partial charge in [-0.25, -0.2) is 4.79 Å². The summed E-state index contributed by atoms with van der Waals surface area (Å²) in [4.78, 5) is 29.8. The lowest BCUT2D eigenvalue weighted by Crippen LogP contribution is -2.46. The van der Waals surface area contributed by atoms with E-state index in [9.17, 15) is 9.59 Å². The maximum Gasteiger partial charge on any atom is 0.335 e. The number of carbonyl (C=O) groups excluding carboxylic acids is 1. The number of hydrogen-bond acceptors (Lipinski definition) is 6. The van der Waals surface area contributed by atoms with Crippen LogP contribution in [0.1, 0.15) is 44.9 Å². The summed E-state index contributed by atoms with van der Waals surface area (Å²) in [6, 6.07) is 24.1. The lowest BCUT2D eigenvalue weighted by Gasteiger charge is -2.36. The zero-order valence-corrected chi connectivity index (χ0v) is 23.3. The number of aromatic nitrogens is 1. The van der Waals surface area contributed by atoms with Crippen molar-refractivity contribution in [3.63, 3.8) is 0 Å². The number of nitriles is 1. The highest BCUT2D eigenvalue weighted by atomic mass is 16.4. The molecule has 214 valence electrons. The number of carboxylic acid groups (broad SMARTS) is 1. The number of unbranched alkanes of at least 4 members (excludes halogenated alkanes) is 1. The normalized spacial score (nSPS) is 13.5. The van der Waals surface area contributed by atoms with Gasteiger partial charge in [0.15, 0.2) is 5.76 Å². The number of aromatic amines is 1. The van der Waals surface area contributed by atoms with Crippen molar-refractivity contribution in [2.75, 3.05) is 37.6 Å². The predicted molar refractivity (Wildman–Crippen MR) is 163 cm³/mol. The van der Waals surface area contributed by atoms with Crippen molar-refractivity contribution >= 4 is 39.4 Å². The van der Waals surface area contributed by atoms with E-state index in [-0.39, 0.29) is 5.76 Å². The molecule has 1 aliphatic heterocycles. The van der Waals surface area contributed by atoms with Crippen LogP contribution in [-0.4, -0.2) is 59.6 Å². The van der Waals surface area contributed by atoms with E-state index in [0.29, 0.717) is 16.7 Å². The Hall–Kier alpha value is -5.07. The molecule has 3 heterocycles. The summed E-state index contributed by atoms with van der Waals surface area (Å²) < 4.78 is 5.49. The third-order valence-electron chi connectivity index (χ3n) is 7.57. The first-order valence-electron chi connectivity index (χ1n) is 14.0. The first-order chi connectivity index (χ1) is 20.4. The van der Waals surface area contributed by atoms with Crippen molar-refractivity contribution in [1.29, 1.82) is 5.26 Å². The SMILES string of the molecule is N#Cc1ccc2[nH]cc(CCCCN3CCN(c4ccc5oc(C(N)=O)cc5c4)CC3)c2c1.O=C(O)c1ccccc1. The minimum atomic E-state index is -0.879. The Morgan fingerprint density at radius 2 is 1.76 bits per heavy atom. The average Bonchev–Trinajstić information content (AvgIpc) is 3.64. The molecule has 1 saturated heterocycles. The van der Waals surface area contributed by atoms with Gasteiger partial charge in [-0.1, -0.05) is 18.2 Å². The molecule has 9 heteroatoms. The summed E-state index contributed by atoms with van der Waals surface area (Å²) >= 11 is 0. The van der Waals surface area contributed by atoms with Crippen molar-refractivity contribution in [1.82, 2.24) is 9.88 Å². The van der Waals surface area contributed by atoms with Crippen LogP contribution in [-0.2, 0) is 6.42 Å². The van der Waals surface area contributed by atoms with Gasteiger partial charge in [0, 0.05) is 54.4 Å². The van der Waals surface area contributed by atoms with Crippen molar-refractivity contribution in [3.8, 4) is 6.07 Å². The Balaban J connectivity index is 0.000000336. The van der Waals surface area contributed by atoms with Gasteiger partial charge in [-0.05, 0) is 86.0 Å². The summed E-state index contributed by atoms with van der Waals surface area (Å²) in [5.41, 5.74) is 10.6. The monoisotopic (exact) mass is 563 g/mol. The van der Waals surface area contributed by atoms with Crippen LogP contribution in [0.4, 0.5) is 5.69 Å². The molecule has 1 amide bonds. The van der Waals surface area contributed by atoms with E-state index in [1.54, 1.807) is 36.4 Å². The maximum absolute atomic E-state index is 11.4. The number of anilines is 1. The number of rotatable bonds is 8. The van der Waals surface area contributed by atoms with Crippen molar-refractivity contribution in [2.45, 2.75) is 19.3 Å². The molecule has 4 N–H and O–H groups in total. The molecule has 0 saturated carbocycles. The fourth-order valence-electron chi connectivity index (χ4n) is 5.26. The smallest absolute Gasteiger partial charge is 0.335 e. The number of fused-ring (bicyclic) bond motifs is 2. The van der Waals surface area contributed by atoms with Gasteiger partial charge in [-0.15, -0.1) is 0 Å². The number of benzene rings is 3. The number of carbonyl (C=O) groups is 2. The molecule has 1 fully saturated rings. The second-order valence-electron chi connectivity index (χ2n) is 10.3. The first-order valence-corrected chi connectivity index (χ1v) is 14.0. The lowest BCUT2D eigenvalue weighted by atomic mass is 10.1. The summed E-state index contributed by atoms with van der Waals surface area (Å²) in [5.74, 6) is -1.22. The Bertz CT molecular complexity index is 1730. The minimum absolute atomic E-state index is 0.199. The number of nitrogens with two attached hydrogens (primary N) is 1. The third kappa shape index (κ3) is 6.79. The van der Waals surface area contributed by atoms with Gasteiger partial charge in [0.1, 0.15) is 5.58 Å². The lowest BCUT2D eigenvalue weighted by molar-refractivity contribution is 0.0696. The number of carboxylic acids is 1. The zero-order valence-electron chi connectivity index (χ0n) is 23.3. The molecule has 0 atom stereocenters. The van der Waals surface area contributed by atoms with Gasteiger partial charge in [0.25, 0.3) is 5.91 Å². The minimum Gasteiger partial charge on any atom is -0.478 e. The van der Waals surface area contributed by atoms with Crippen molar-refractivity contribution in [2.24, 2.45) is 5.73 Å². The van der Waals surface area contributed by atoms with Crippen LogP contribution in [0, 0.1) is 11.3 Å². The molecular formula is C33H33N5O4. The van der Waals surface area contributed by atoms with Crippen LogP contribution in [0.3, 0.4) is 0 Å². The number of furan rings is 1. The van der Waals surface area contributed by atoms with Crippen LogP contribution in [0.2, 0.25) is 0 Å². The fraction of sp³-hybridized carbons (Fsp3) is 0.242. The van der Waals surface area contributed by atoms with E-state index in [2.05, 4.69) is 33.1 Å². The molecule has 1 aliphatic rings. The number of H-pyrrole nitrogens is 1. The Morgan fingerprint density at radius 1 is 0.976 bits per heavy atom. The maximum atomic E-state index is 11.4. The van der Waals surface area contributed by atoms with Gasteiger partial charge in [-0.2, -0.15) is 5.26 Å². The molecule has 5 aromatic rings. The standard InChI is InChI=1S/C26H27N5O2.C7H6O2/c27-16-18-4-6-23-22(13-18)19(17-29-23)3-1-2-8-30-9-11-31(12-10-30)21-5-7-24-20(14-21)15-25(33-24)26(28)32;8-7(9)6-4-2-1-3-5-6/h4-7,13-15,17,29H,1-3,8-12H2,(H2,28,32);1-5H,(H,8,9). The van der Waals surface area contributed by atoms with E-state index < -0.39 is 11.9 Å². The molecule has 0 radical (unpaired) electrons. The number of primary amides is 1. The highest BCUT2D eigenvalue weighted by Gasteiger charge is 2.18. The largest absolute Gasteiger partial charge is 0.478 e. The van der Waals surface area contributed by atoms with Crippen molar-refractivity contribution < 1.29 is 19.1 Å². The summed E-state index contributed by atoms with van der Waals surface area (Å²) in [6.07, 6.45) is 5.38. The quantitative estimate of drug-likeness (QED) is 0.214. The first kappa shape index (κ1) is 28.5. The number of aromatic carboxylic acids is 1. The number of nitrogens with zero attached hydrogens (tertiary/aromatic N) is 3. The van der Waals surface area contributed by atoms with Crippen LogP contribution in [0.5, 0.6) is 0 Å². The van der Waals surface area contributed by atoms with Gasteiger partial charge in [0.05, 0.1) is 17.2 Å². The molecule has 6 rings (SSSR count). The molecule has 3 aromatic carbocycles. The molecule has 0 spiro atoms. The van der Waals surface area contributed by atoms with Crippen molar-refractivity contribution in [3.05, 3.63) is 101 Å². The molecular weight excluding hydrogens is 530 g/mol. The van der Waals surface area contributed by atoms with Crippen LogP contribution >= 0.6 is 0 Å². The zero-order chi connectivity index (χ0) is 29.5. The molecule has 42 heavy (non-hydrogen) atoms. The second-order valence-corrected chi connectivity index (χ2v) is 10.3. The third-order valence-corrected chi connectivity index (χ3v) is 7.57. The Kier molecular flexibility index (Phi) is 8.85. The number of piperazine rings is 1. The number of aryl methyl sites for hydroxylation is 1. The van der Waals surface area contributed by atoms with Gasteiger partial charge in [-0.3, -0.25) is 9.69 Å². The van der Waals surface area contributed by atoms with Crippen LogP contribution in [0.15, 0.2) is 83.4 Å². The highest BCUT2D eigenvalue weighted by Crippen LogP contribution is 2.26. The number of nitrogens with one attached hydrogen (secondary N) is 1. The van der Waals surface area contributed by atoms with E-state index in [0.717, 1.165) is 68.6 Å². The van der Waals surface area contributed by atoms with Crippen LogP contribution < -0.4 is 10.6 Å². The van der Waals surface area contributed by atoms with E-state index in [4.69, 9.17) is 20.5 Å². The summed E-state index contributed by atoms with van der Waals surface area (Å²) in [7, 11) is 0. The number of amides is 1. The number of hydrogen-bond donors (Lipinski definition) is 3. The average molecular weight is 564 g/mol. The Morgan fingerprint density at radius 3 is 2.45 bits per heavy atom. The summed E-state index contributed by atoms with van der Waals surface area (Å²) in [6.45, 7) is 5.13. The van der Waals surface area contributed by atoms with Gasteiger partial charge in [0.2, 0.25) is 0 Å². The predicted octanol–water partition coefficient (Wildman–Crippen LogP) is 5.41.